The summed E-state index contributed by atoms with van der Waals surface area (Å²) in [5.41, 5.74) is 12.5. The van der Waals surface area contributed by atoms with E-state index in [1.165, 1.54) is 30.1 Å². The summed E-state index contributed by atoms with van der Waals surface area (Å²) in [6.45, 7) is 0. The zero-order valence-electron chi connectivity index (χ0n) is 10.0. The molecule has 1 unspecified atom stereocenters. The van der Waals surface area contributed by atoms with Crippen molar-refractivity contribution in [3.8, 4) is 0 Å². The topological polar surface area (TPSA) is 64.9 Å². The fourth-order valence-corrected chi connectivity index (χ4v) is 2.68. The highest BCUT2D eigenvalue weighted by Gasteiger charge is 2.12. The van der Waals surface area contributed by atoms with Gasteiger partial charge in [-0.2, -0.15) is 0 Å². The van der Waals surface area contributed by atoms with Gasteiger partial charge >= 0.3 is 0 Å². The van der Waals surface area contributed by atoms with Crippen LogP contribution in [0.3, 0.4) is 0 Å². The van der Waals surface area contributed by atoms with Crippen LogP contribution >= 0.6 is 23.4 Å². The molecule has 1 heterocycles. The van der Waals surface area contributed by atoms with Crippen molar-refractivity contribution in [2.24, 2.45) is 5.73 Å². The zero-order chi connectivity index (χ0) is 13.8. The van der Waals surface area contributed by atoms with Gasteiger partial charge in [-0.3, -0.25) is 0 Å². The van der Waals surface area contributed by atoms with Crippen LogP contribution in [0.1, 0.15) is 11.6 Å². The second kappa shape index (κ2) is 6.23. The normalized spacial score (nSPS) is 12.4. The van der Waals surface area contributed by atoms with Gasteiger partial charge in [0.05, 0.1) is 5.02 Å². The number of thioether (sulfide) groups is 1. The quantitative estimate of drug-likeness (QED) is 0.850. The molecular weight excluding hydrogens is 285 g/mol. The molecule has 2 rings (SSSR count). The lowest BCUT2D eigenvalue weighted by molar-refractivity contribution is 0.624. The fraction of sp³-hybridized carbons (Fsp3) is 0.154. The molecule has 0 fully saturated rings. The number of nitrogen functional groups attached to an aromatic ring is 1. The number of pyridine rings is 1. The molecule has 3 nitrogen and oxygen atoms in total. The molecule has 0 spiro atoms. The van der Waals surface area contributed by atoms with Gasteiger partial charge < -0.3 is 11.5 Å². The highest BCUT2D eigenvalue weighted by molar-refractivity contribution is 7.99. The molecule has 1 atom stereocenters. The van der Waals surface area contributed by atoms with Crippen molar-refractivity contribution in [2.45, 2.75) is 10.9 Å². The first-order chi connectivity index (χ1) is 9.06. The summed E-state index contributed by atoms with van der Waals surface area (Å²) in [7, 11) is 0. The third-order valence-electron chi connectivity index (χ3n) is 2.54. The molecule has 0 saturated heterocycles. The van der Waals surface area contributed by atoms with E-state index in [9.17, 15) is 4.39 Å². The molecule has 6 heteroatoms. The Balaban J connectivity index is 2.05. The monoisotopic (exact) mass is 297 g/mol. The predicted octanol–water partition coefficient (Wildman–Crippen LogP) is 3.25. The van der Waals surface area contributed by atoms with Crippen LogP contribution in [0, 0.1) is 5.82 Å². The number of nitrogens with zero attached hydrogens (tertiary/aromatic N) is 1. The lowest BCUT2D eigenvalue weighted by Gasteiger charge is -2.13. The second-order valence-electron chi connectivity index (χ2n) is 4.00. The second-order valence-corrected chi connectivity index (χ2v) is 5.53. The van der Waals surface area contributed by atoms with Crippen LogP contribution in [-0.2, 0) is 0 Å². The van der Waals surface area contributed by atoms with E-state index in [-0.39, 0.29) is 11.9 Å². The molecule has 2 aromatic rings. The first-order valence-electron chi connectivity index (χ1n) is 5.61. The predicted molar refractivity (Wildman–Crippen MR) is 77.7 cm³/mol. The summed E-state index contributed by atoms with van der Waals surface area (Å²) in [5, 5.41) is 0.496. The van der Waals surface area contributed by atoms with Crippen molar-refractivity contribution >= 4 is 29.2 Å². The van der Waals surface area contributed by atoms with Crippen molar-refractivity contribution < 1.29 is 4.39 Å². The van der Waals surface area contributed by atoms with E-state index in [4.69, 9.17) is 23.1 Å². The smallest absolute Gasteiger partial charge is 0.128 e. The fourth-order valence-electron chi connectivity index (χ4n) is 1.60. The number of hydrogen-bond acceptors (Lipinski definition) is 4. The van der Waals surface area contributed by atoms with Gasteiger partial charge in [0.2, 0.25) is 0 Å². The third-order valence-corrected chi connectivity index (χ3v) is 3.86. The van der Waals surface area contributed by atoms with E-state index >= 15 is 0 Å². The molecule has 1 aromatic carbocycles. The Morgan fingerprint density at radius 3 is 2.89 bits per heavy atom. The lowest BCUT2D eigenvalue weighted by atomic mass is 10.1. The molecule has 4 N–H and O–H groups in total. The Morgan fingerprint density at radius 2 is 2.16 bits per heavy atom. The first kappa shape index (κ1) is 14.1. The Morgan fingerprint density at radius 1 is 1.37 bits per heavy atom. The molecule has 19 heavy (non-hydrogen) atoms. The standard InChI is InChI=1S/C13H13ClFN3S/c14-8-4-11(13(17)18-6-8)12(16)7-19-10-3-1-2-9(15)5-10/h1-6,12H,7,16H2,(H2,17,18). The molecule has 0 amide bonds. The average Bonchev–Trinajstić information content (AvgIpc) is 2.39. The Kier molecular flexibility index (Phi) is 4.63. The van der Waals surface area contributed by atoms with Gasteiger partial charge in [0.25, 0.3) is 0 Å². The van der Waals surface area contributed by atoms with Crippen LogP contribution in [0.15, 0.2) is 41.4 Å². The van der Waals surface area contributed by atoms with Crippen LogP contribution in [-0.4, -0.2) is 10.7 Å². The molecule has 0 bridgehead atoms. The van der Waals surface area contributed by atoms with Gasteiger partial charge in [-0.1, -0.05) is 17.7 Å². The average molecular weight is 298 g/mol. The molecular formula is C13H13ClFN3S. The van der Waals surface area contributed by atoms with Crippen LogP contribution in [0.5, 0.6) is 0 Å². The van der Waals surface area contributed by atoms with Gasteiger partial charge in [-0.15, -0.1) is 11.8 Å². The summed E-state index contributed by atoms with van der Waals surface area (Å²) in [6.07, 6.45) is 1.48. The SMILES string of the molecule is Nc1ncc(Cl)cc1C(N)CSc1cccc(F)c1. The van der Waals surface area contributed by atoms with Crippen molar-refractivity contribution in [2.75, 3.05) is 11.5 Å². The molecule has 0 aliphatic rings. The van der Waals surface area contributed by atoms with E-state index < -0.39 is 0 Å². The Hall–Kier alpha value is -1.30. The largest absolute Gasteiger partial charge is 0.383 e. The summed E-state index contributed by atoms with van der Waals surface area (Å²) < 4.78 is 13.0. The maximum Gasteiger partial charge on any atom is 0.128 e. The van der Waals surface area contributed by atoms with Crippen molar-refractivity contribution in [1.29, 1.82) is 0 Å². The third kappa shape index (κ3) is 3.83. The first-order valence-corrected chi connectivity index (χ1v) is 6.97. The summed E-state index contributed by atoms with van der Waals surface area (Å²) in [4.78, 5) is 4.79. The minimum absolute atomic E-state index is 0.262. The number of rotatable bonds is 4. The van der Waals surface area contributed by atoms with E-state index in [0.29, 0.717) is 22.2 Å². The lowest BCUT2D eigenvalue weighted by Crippen LogP contribution is -2.15. The van der Waals surface area contributed by atoms with E-state index in [1.807, 2.05) is 6.07 Å². The maximum absolute atomic E-state index is 13.0. The van der Waals surface area contributed by atoms with Crippen LogP contribution in [0.25, 0.3) is 0 Å². The Bertz CT molecular complexity index is 580. The van der Waals surface area contributed by atoms with E-state index in [1.54, 1.807) is 12.1 Å². The summed E-state index contributed by atoms with van der Waals surface area (Å²) in [5.74, 6) is 0.676. The van der Waals surface area contributed by atoms with Crippen LogP contribution in [0.2, 0.25) is 5.02 Å². The maximum atomic E-state index is 13.0. The van der Waals surface area contributed by atoms with Crippen LogP contribution < -0.4 is 11.5 Å². The van der Waals surface area contributed by atoms with Crippen molar-refractivity contribution in [3.63, 3.8) is 0 Å². The molecule has 0 aliphatic heterocycles. The van der Waals surface area contributed by atoms with E-state index in [0.717, 1.165) is 4.90 Å². The number of nitrogens with two attached hydrogens (primary N) is 2. The molecule has 1 aromatic heterocycles. The van der Waals surface area contributed by atoms with Gasteiger partial charge in [0.15, 0.2) is 0 Å². The number of halogens is 2. The number of anilines is 1. The number of aromatic nitrogens is 1. The number of hydrogen-bond donors (Lipinski definition) is 2. The Labute approximate surface area is 120 Å². The minimum atomic E-state index is -0.306. The summed E-state index contributed by atoms with van der Waals surface area (Å²) >= 11 is 7.33. The van der Waals surface area contributed by atoms with Gasteiger partial charge in [-0.05, 0) is 24.3 Å². The van der Waals surface area contributed by atoms with Gasteiger partial charge in [-0.25, -0.2) is 9.37 Å². The highest BCUT2D eigenvalue weighted by Crippen LogP contribution is 2.27. The number of benzene rings is 1. The van der Waals surface area contributed by atoms with Crippen molar-refractivity contribution in [1.82, 2.24) is 4.98 Å². The molecule has 0 aliphatic carbocycles. The minimum Gasteiger partial charge on any atom is -0.383 e. The van der Waals surface area contributed by atoms with E-state index in [2.05, 4.69) is 4.98 Å². The van der Waals surface area contributed by atoms with Gasteiger partial charge in [0.1, 0.15) is 11.6 Å². The van der Waals surface area contributed by atoms with Gasteiger partial charge in [0, 0.05) is 28.5 Å². The zero-order valence-corrected chi connectivity index (χ0v) is 11.6. The molecule has 0 saturated carbocycles. The molecule has 100 valence electrons. The highest BCUT2D eigenvalue weighted by atomic mass is 35.5. The van der Waals surface area contributed by atoms with Crippen molar-refractivity contribution in [3.05, 3.63) is 52.9 Å². The molecule has 0 radical (unpaired) electrons. The summed E-state index contributed by atoms with van der Waals surface area (Å²) in [6, 6.07) is 7.78. The van der Waals surface area contributed by atoms with Crippen LogP contribution in [0.4, 0.5) is 10.2 Å².